The molecule has 0 saturated heterocycles. The van der Waals surface area contributed by atoms with Gasteiger partial charge < -0.3 is 5.32 Å². The summed E-state index contributed by atoms with van der Waals surface area (Å²) >= 11 is 5.92. The second-order valence-electron chi connectivity index (χ2n) is 4.53. The Balaban J connectivity index is 2.11. The van der Waals surface area contributed by atoms with Gasteiger partial charge in [0.15, 0.2) is 5.82 Å². The first-order chi connectivity index (χ1) is 8.68. The molecule has 3 nitrogen and oxygen atoms in total. The highest BCUT2D eigenvalue weighted by molar-refractivity contribution is 6.20. The number of aromatic nitrogens is 2. The van der Waals surface area contributed by atoms with Crippen LogP contribution in [-0.4, -0.2) is 22.1 Å². The number of hydrogen-bond acceptors (Lipinski definition) is 3. The monoisotopic (exact) mass is 263 g/mol. The fourth-order valence-corrected chi connectivity index (χ4v) is 2.11. The number of halogens is 1. The van der Waals surface area contributed by atoms with Crippen LogP contribution in [-0.2, 0) is 0 Å². The molecule has 0 aliphatic heterocycles. The van der Waals surface area contributed by atoms with Crippen LogP contribution in [0.5, 0.6) is 0 Å². The van der Waals surface area contributed by atoms with Gasteiger partial charge in [-0.3, -0.25) is 0 Å². The topological polar surface area (TPSA) is 37.8 Å². The number of alkyl halides is 1. The quantitative estimate of drug-likeness (QED) is 0.659. The third kappa shape index (κ3) is 3.10. The Hall–Kier alpha value is -1.35. The van der Waals surface area contributed by atoms with Gasteiger partial charge in [0.2, 0.25) is 0 Å². The molecule has 0 fully saturated rings. The minimum absolute atomic E-state index is 0.229. The van der Waals surface area contributed by atoms with E-state index in [1.54, 1.807) is 0 Å². The van der Waals surface area contributed by atoms with Gasteiger partial charge in [-0.15, -0.1) is 16.7 Å². The van der Waals surface area contributed by atoms with E-state index in [2.05, 4.69) is 27.6 Å². The summed E-state index contributed by atoms with van der Waals surface area (Å²) in [7, 11) is 0. The molecule has 0 aliphatic rings. The van der Waals surface area contributed by atoms with E-state index in [0.29, 0.717) is 0 Å². The van der Waals surface area contributed by atoms with E-state index in [-0.39, 0.29) is 5.38 Å². The highest BCUT2D eigenvalue weighted by atomic mass is 35.5. The van der Waals surface area contributed by atoms with Crippen LogP contribution in [0.25, 0.3) is 10.8 Å². The Kier molecular flexibility index (Phi) is 4.37. The molecule has 0 aliphatic carbocycles. The third-order valence-electron chi connectivity index (χ3n) is 2.94. The molecule has 18 heavy (non-hydrogen) atoms. The lowest BCUT2D eigenvalue weighted by Crippen LogP contribution is -2.07. The maximum atomic E-state index is 5.92. The second kappa shape index (κ2) is 6.01. The van der Waals surface area contributed by atoms with Gasteiger partial charge in [0, 0.05) is 22.7 Å². The Morgan fingerprint density at radius 2 is 1.94 bits per heavy atom. The fraction of sp³-hybridized carbons (Fsp3) is 0.429. The standard InChI is InChI=1S/C14H18ClN3/c1-10(15)6-5-9-16-14-13-8-4-3-7-12(13)11(2)17-18-14/h3-4,7-8,10H,5-6,9H2,1-2H3,(H,16,18). The fourth-order valence-electron chi connectivity index (χ4n) is 1.96. The average molecular weight is 264 g/mol. The Morgan fingerprint density at radius 1 is 1.22 bits per heavy atom. The first-order valence-electron chi connectivity index (χ1n) is 6.28. The number of nitrogens with zero attached hydrogens (tertiary/aromatic N) is 2. The minimum Gasteiger partial charge on any atom is -0.368 e. The summed E-state index contributed by atoms with van der Waals surface area (Å²) in [6.07, 6.45) is 2.04. The van der Waals surface area contributed by atoms with Gasteiger partial charge in [0.1, 0.15) is 0 Å². The van der Waals surface area contributed by atoms with E-state index in [9.17, 15) is 0 Å². The van der Waals surface area contributed by atoms with Crippen molar-refractivity contribution in [1.29, 1.82) is 0 Å². The highest BCUT2D eigenvalue weighted by Crippen LogP contribution is 2.22. The zero-order valence-electron chi connectivity index (χ0n) is 10.8. The third-order valence-corrected chi connectivity index (χ3v) is 3.16. The van der Waals surface area contributed by atoms with Gasteiger partial charge in [-0.25, -0.2) is 0 Å². The number of benzene rings is 1. The van der Waals surface area contributed by atoms with E-state index in [0.717, 1.165) is 41.7 Å². The number of fused-ring (bicyclic) bond motifs is 1. The average Bonchev–Trinajstić information content (AvgIpc) is 2.37. The van der Waals surface area contributed by atoms with Crippen LogP contribution in [0.1, 0.15) is 25.5 Å². The molecule has 0 saturated carbocycles. The summed E-state index contributed by atoms with van der Waals surface area (Å²) in [6.45, 7) is 4.87. The minimum atomic E-state index is 0.229. The van der Waals surface area contributed by atoms with Crippen molar-refractivity contribution in [2.75, 3.05) is 11.9 Å². The van der Waals surface area contributed by atoms with E-state index < -0.39 is 0 Å². The van der Waals surface area contributed by atoms with Crippen molar-refractivity contribution in [2.45, 2.75) is 32.1 Å². The molecule has 96 valence electrons. The first-order valence-corrected chi connectivity index (χ1v) is 6.72. The Labute approximate surface area is 113 Å². The van der Waals surface area contributed by atoms with E-state index >= 15 is 0 Å². The lowest BCUT2D eigenvalue weighted by Gasteiger charge is -2.09. The van der Waals surface area contributed by atoms with Crippen LogP contribution < -0.4 is 5.32 Å². The molecule has 0 bridgehead atoms. The maximum absolute atomic E-state index is 5.92. The van der Waals surface area contributed by atoms with Crippen LogP contribution in [0.2, 0.25) is 0 Å². The molecule has 1 aromatic carbocycles. The van der Waals surface area contributed by atoms with Crippen LogP contribution in [0.3, 0.4) is 0 Å². The van der Waals surface area contributed by atoms with Gasteiger partial charge in [-0.1, -0.05) is 24.3 Å². The molecule has 2 aromatic rings. The second-order valence-corrected chi connectivity index (χ2v) is 5.27. The molecular weight excluding hydrogens is 246 g/mol. The summed E-state index contributed by atoms with van der Waals surface area (Å²) in [6, 6.07) is 8.19. The van der Waals surface area contributed by atoms with Gasteiger partial charge in [-0.2, -0.15) is 5.10 Å². The SMILES string of the molecule is Cc1nnc(NCCCC(C)Cl)c2ccccc12. The van der Waals surface area contributed by atoms with Crippen molar-refractivity contribution in [1.82, 2.24) is 10.2 Å². The van der Waals surface area contributed by atoms with E-state index in [1.807, 2.05) is 26.0 Å². The van der Waals surface area contributed by atoms with Crippen LogP contribution in [0.15, 0.2) is 24.3 Å². The first kappa shape index (κ1) is 13.1. The summed E-state index contributed by atoms with van der Waals surface area (Å²) in [4.78, 5) is 0. The summed E-state index contributed by atoms with van der Waals surface area (Å²) in [5.74, 6) is 0.860. The molecular formula is C14H18ClN3. The summed E-state index contributed by atoms with van der Waals surface area (Å²) < 4.78 is 0. The highest BCUT2D eigenvalue weighted by Gasteiger charge is 2.05. The zero-order valence-corrected chi connectivity index (χ0v) is 11.5. The van der Waals surface area contributed by atoms with Crippen molar-refractivity contribution in [2.24, 2.45) is 0 Å². The maximum Gasteiger partial charge on any atom is 0.156 e. The van der Waals surface area contributed by atoms with Crippen LogP contribution in [0, 0.1) is 6.92 Å². The Morgan fingerprint density at radius 3 is 2.67 bits per heavy atom. The lowest BCUT2D eigenvalue weighted by atomic mass is 10.1. The molecule has 0 spiro atoms. The van der Waals surface area contributed by atoms with Crippen molar-refractivity contribution in [3.05, 3.63) is 30.0 Å². The molecule has 2 rings (SSSR count). The number of hydrogen-bond donors (Lipinski definition) is 1. The zero-order chi connectivity index (χ0) is 13.0. The molecule has 4 heteroatoms. The van der Waals surface area contributed by atoms with Gasteiger partial charge in [0.05, 0.1) is 5.69 Å². The van der Waals surface area contributed by atoms with Crippen molar-refractivity contribution >= 4 is 28.2 Å². The Bertz CT molecular complexity index is 525. The number of aryl methyl sites for hydroxylation is 1. The predicted octanol–water partition coefficient (Wildman–Crippen LogP) is 3.76. The van der Waals surface area contributed by atoms with Crippen LogP contribution >= 0.6 is 11.6 Å². The molecule has 1 heterocycles. The van der Waals surface area contributed by atoms with Crippen molar-refractivity contribution in [3.8, 4) is 0 Å². The van der Waals surface area contributed by atoms with Crippen molar-refractivity contribution in [3.63, 3.8) is 0 Å². The predicted molar refractivity (Wildman–Crippen MR) is 77.3 cm³/mol. The lowest BCUT2D eigenvalue weighted by molar-refractivity contribution is 0.748. The van der Waals surface area contributed by atoms with Gasteiger partial charge >= 0.3 is 0 Å². The molecule has 1 unspecified atom stereocenters. The van der Waals surface area contributed by atoms with Gasteiger partial charge in [-0.05, 0) is 26.7 Å². The molecule has 1 aromatic heterocycles. The summed E-state index contributed by atoms with van der Waals surface area (Å²) in [5.41, 5.74) is 0.963. The molecule has 1 atom stereocenters. The smallest absolute Gasteiger partial charge is 0.156 e. The summed E-state index contributed by atoms with van der Waals surface area (Å²) in [5, 5.41) is 14.3. The van der Waals surface area contributed by atoms with E-state index in [1.165, 1.54) is 0 Å². The van der Waals surface area contributed by atoms with Gasteiger partial charge in [0.25, 0.3) is 0 Å². The number of nitrogens with one attached hydrogen (secondary N) is 1. The molecule has 1 N–H and O–H groups in total. The largest absolute Gasteiger partial charge is 0.368 e. The van der Waals surface area contributed by atoms with E-state index in [4.69, 9.17) is 11.6 Å². The van der Waals surface area contributed by atoms with Crippen molar-refractivity contribution < 1.29 is 0 Å². The molecule has 0 radical (unpaired) electrons. The number of rotatable bonds is 5. The van der Waals surface area contributed by atoms with Crippen LogP contribution in [0.4, 0.5) is 5.82 Å². The molecule has 0 amide bonds. The normalized spacial score (nSPS) is 12.6. The number of anilines is 1.